The number of likely N-dealkylation sites (N-methyl/N-ethyl adjacent to an activating group) is 1. The number of carbonyl (C=O) groups excluding carboxylic acids is 2. The lowest BCUT2D eigenvalue weighted by atomic mass is 9.92. The summed E-state index contributed by atoms with van der Waals surface area (Å²) in [6.07, 6.45) is 0.917. The SMILES string of the molecule is CCc1ccc(C(=O)N(CC)CC(=O)Nc2cc(C(C)(C)C)nn2-c2ccccc2)cc1. The minimum absolute atomic E-state index is 0.0321. The second-order valence-electron chi connectivity index (χ2n) is 8.83. The molecule has 3 rings (SSSR count). The molecular formula is C26H32N4O2. The van der Waals surface area contributed by atoms with Crippen molar-refractivity contribution in [3.63, 3.8) is 0 Å². The summed E-state index contributed by atoms with van der Waals surface area (Å²) in [6, 6.07) is 19.1. The lowest BCUT2D eigenvalue weighted by Gasteiger charge is -2.20. The van der Waals surface area contributed by atoms with Crippen LogP contribution >= 0.6 is 0 Å². The van der Waals surface area contributed by atoms with Gasteiger partial charge in [-0.3, -0.25) is 9.59 Å². The van der Waals surface area contributed by atoms with Gasteiger partial charge in [-0.1, -0.05) is 58.0 Å². The summed E-state index contributed by atoms with van der Waals surface area (Å²) >= 11 is 0. The number of rotatable bonds is 7. The Bertz CT molecular complexity index is 1060. The number of aromatic nitrogens is 2. The number of nitrogens with zero attached hydrogens (tertiary/aromatic N) is 3. The molecule has 0 bridgehead atoms. The molecule has 0 saturated carbocycles. The molecule has 0 spiro atoms. The number of hydrogen-bond acceptors (Lipinski definition) is 3. The lowest BCUT2D eigenvalue weighted by Crippen LogP contribution is -2.38. The highest BCUT2D eigenvalue weighted by Gasteiger charge is 2.23. The molecule has 0 unspecified atom stereocenters. The predicted molar refractivity (Wildman–Crippen MR) is 128 cm³/mol. The molecular weight excluding hydrogens is 400 g/mol. The van der Waals surface area contributed by atoms with Crippen LogP contribution in [0.4, 0.5) is 5.82 Å². The van der Waals surface area contributed by atoms with Gasteiger partial charge >= 0.3 is 0 Å². The topological polar surface area (TPSA) is 67.2 Å². The van der Waals surface area contributed by atoms with Crippen LogP contribution in [-0.4, -0.2) is 39.6 Å². The fourth-order valence-corrected chi connectivity index (χ4v) is 3.35. The van der Waals surface area contributed by atoms with Crippen LogP contribution in [0.5, 0.6) is 0 Å². The van der Waals surface area contributed by atoms with E-state index in [-0.39, 0.29) is 23.8 Å². The quantitative estimate of drug-likeness (QED) is 0.581. The van der Waals surface area contributed by atoms with Gasteiger partial charge in [-0.05, 0) is 43.2 Å². The molecule has 0 aliphatic heterocycles. The van der Waals surface area contributed by atoms with Crippen molar-refractivity contribution in [2.24, 2.45) is 0 Å². The molecule has 0 aliphatic carbocycles. The Morgan fingerprint density at radius 3 is 2.22 bits per heavy atom. The van der Waals surface area contributed by atoms with Gasteiger partial charge in [-0.25, -0.2) is 4.68 Å². The monoisotopic (exact) mass is 432 g/mol. The Morgan fingerprint density at radius 1 is 1.00 bits per heavy atom. The standard InChI is InChI=1S/C26H32N4O2/c1-6-19-13-15-20(16-14-19)25(32)29(7-2)18-24(31)27-23-17-22(26(3,4)5)28-30(23)21-11-9-8-10-12-21/h8-17H,6-7,18H2,1-5H3,(H,27,31). The zero-order valence-corrected chi connectivity index (χ0v) is 19.6. The smallest absolute Gasteiger partial charge is 0.254 e. The van der Waals surface area contributed by atoms with E-state index in [1.807, 2.05) is 67.6 Å². The Kier molecular flexibility index (Phi) is 7.13. The number of benzene rings is 2. The average Bonchev–Trinajstić information content (AvgIpc) is 3.22. The fourth-order valence-electron chi connectivity index (χ4n) is 3.35. The van der Waals surface area contributed by atoms with Crippen LogP contribution in [0.1, 0.15) is 56.2 Å². The summed E-state index contributed by atoms with van der Waals surface area (Å²) in [5, 5.41) is 7.68. The molecule has 0 atom stereocenters. The summed E-state index contributed by atoms with van der Waals surface area (Å²) in [5.41, 5.74) is 3.32. The summed E-state index contributed by atoms with van der Waals surface area (Å²) in [6.45, 7) is 10.6. The van der Waals surface area contributed by atoms with Crippen LogP contribution in [0.25, 0.3) is 5.69 Å². The number of aryl methyl sites for hydroxylation is 1. The number of nitrogens with one attached hydrogen (secondary N) is 1. The molecule has 6 heteroatoms. The second-order valence-corrected chi connectivity index (χ2v) is 8.83. The van der Waals surface area contributed by atoms with Crippen LogP contribution < -0.4 is 5.32 Å². The highest BCUT2D eigenvalue weighted by atomic mass is 16.2. The molecule has 0 radical (unpaired) electrons. The van der Waals surface area contributed by atoms with Crippen molar-refractivity contribution >= 4 is 17.6 Å². The van der Waals surface area contributed by atoms with Crippen LogP contribution in [0.2, 0.25) is 0 Å². The van der Waals surface area contributed by atoms with Gasteiger partial charge in [-0.15, -0.1) is 0 Å². The van der Waals surface area contributed by atoms with Crippen molar-refractivity contribution in [2.75, 3.05) is 18.4 Å². The molecule has 32 heavy (non-hydrogen) atoms. The predicted octanol–water partition coefficient (Wildman–Crippen LogP) is 4.83. The van der Waals surface area contributed by atoms with E-state index in [4.69, 9.17) is 5.10 Å². The van der Waals surface area contributed by atoms with Crippen LogP contribution in [0.15, 0.2) is 60.7 Å². The van der Waals surface area contributed by atoms with Crippen molar-refractivity contribution in [2.45, 2.75) is 46.5 Å². The maximum absolute atomic E-state index is 12.9. The van der Waals surface area contributed by atoms with Crippen LogP contribution in [-0.2, 0) is 16.6 Å². The molecule has 1 heterocycles. The Balaban J connectivity index is 1.79. The number of carbonyl (C=O) groups is 2. The van der Waals surface area contributed by atoms with Crippen molar-refractivity contribution < 1.29 is 9.59 Å². The highest BCUT2D eigenvalue weighted by Crippen LogP contribution is 2.26. The van der Waals surface area contributed by atoms with Crippen LogP contribution in [0, 0.1) is 0 Å². The van der Waals surface area contributed by atoms with Gasteiger partial charge in [0.15, 0.2) is 0 Å². The number of amides is 2. The molecule has 3 aromatic rings. The molecule has 168 valence electrons. The number of anilines is 1. The molecule has 2 amide bonds. The highest BCUT2D eigenvalue weighted by molar-refractivity contribution is 5.99. The van der Waals surface area contributed by atoms with Crippen molar-refractivity contribution in [3.8, 4) is 5.69 Å². The van der Waals surface area contributed by atoms with E-state index in [1.165, 1.54) is 5.56 Å². The van der Waals surface area contributed by atoms with E-state index >= 15 is 0 Å². The Labute approximate surface area is 190 Å². The van der Waals surface area contributed by atoms with E-state index in [9.17, 15) is 9.59 Å². The molecule has 0 saturated heterocycles. The minimum atomic E-state index is -0.261. The summed E-state index contributed by atoms with van der Waals surface area (Å²) < 4.78 is 1.74. The second kappa shape index (κ2) is 9.81. The third-order valence-electron chi connectivity index (χ3n) is 5.36. The van der Waals surface area contributed by atoms with Gasteiger partial charge in [0, 0.05) is 23.6 Å². The van der Waals surface area contributed by atoms with Crippen molar-refractivity contribution in [3.05, 3.63) is 77.5 Å². The molecule has 1 N–H and O–H groups in total. The number of para-hydroxylation sites is 1. The zero-order valence-electron chi connectivity index (χ0n) is 19.6. The summed E-state index contributed by atoms with van der Waals surface area (Å²) in [5.74, 6) is 0.169. The first-order valence-electron chi connectivity index (χ1n) is 11.1. The van der Waals surface area contributed by atoms with Crippen molar-refractivity contribution in [1.82, 2.24) is 14.7 Å². The first kappa shape index (κ1) is 23.3. The van der Waals surface area contributed by atoms with E-state index in [0.29, 0.717) is 17.9 Å². The minimum Gasteiger partial charge on any atom is -0.330 e. The maximum Gasteiger partial charge on any atom is 0.254 e. The molecule has 0 aliphatic rings. The van der Waals surface area contributed by atoms with Gasteiger partial charge < -0.3 is 10.2 Å². The van der Waals surface area contributed by atoms with E-state index in [1.54, 1.807) is 9.58 Å². The largest absolute Gasteiger partial charge is 0.330 e. The molecule has 1 aromatic heterocycles. The molecule has 2 aromatic carbocycles. The summed E-state index contributed by atoms with van der Waals surface area (Å²) in [4.78, 5) is 27.4. The first-order valence-corrected chi connectivity index (χ1v) is 11.1. The first-order chi connectivity index (χ1) is 15.2. The lowest BCUT2D eigenvalue weighted by molar-refractivity contribution is -0.116. The van der Waals surface area contributed by atoms with Crippen LogP contribution in [0.3, 0.4) is 0 Å². The van der Waals surface area contributed by atoms with Gasteiger partial charge in [0.05, 0.1) is 11.4 Å². The third kappa shape index (κ3) is 5.44. The maximum atomic E-state index is 12.9. The van der Waals surface area contributed by atoms with E-state index < -0.39 is 0 Å². The number of hydrogen-bond donors (Lipinski definition) is 1. The van der Waals surface area contributed by atoms with Gasteiger partial charge in [0.25, 0.3) is 5.91 Å². The van der Waals surface area contributed by atoms with Gasteiger partial charge in [0.1, 0.15) is 12.4 Å². The van der Waals surface area contributed by atoms with Gasteiger partial charge in [0.2, 0.25) is 5.91 Å². The van der Waals surface area contributed by atoms with E-state index in [2.05, 4.69) is 33.0 Å². The molecule has 0 fully saturated rings. The summed E-state index contributed by atoms with van der Waals surface area (Å²) in [7, 11) is 0. The van der Waals surface area contributed by atoms with Crippen molar-refractivity contribution in [1.29, 1.82) is 0 Å². The fraction of sp³-hybridized carbons (Fsp3) is 0.346. The van der Waals surface area contributed by atoms with Gasteiger partial charge in [-0.2, -0.15) is 5.10 Å². The normalized spacial score (nSPS) is 11.3. The zero-order chi connectivity index (χ0) is 23.3. The molecule has 6 nitrogen and oxygen atoms in total. The van der Waals surface area contributed by atoms with E-state index in [0.717, 1.165) is 17.8 Å². The Hall–Kier alpha value is -3.41. The average molecular weight is 433 g/mol. The third-order valence-corrected chi connectivity index (χ3v) is 5.36. The Morgan fingerprint density at radius 2 is 1.66 bits per heavy atom.